The normalized spacial score (nSPS) is 11.6. The van der Waals surface area contributed by atoms with Crippen LogP contribution in [0.25, 0.3) is 50.1 Å². The predicted octanol–water partition coefficient (Wildman–Crippen LogP) is 19.8. The van der Waals surface area contributed by atoms with Crippen LogP contribution in [0.5, 0.6) is 0 Å². The largest absolute Gasteiger partial charge is 0.134 e. The first-order chi connectivity index (χ1) is 28.5. The van der Waals surface area contributed by atoms with Crippen molar-refractivity contribution in [1.82, 2.24) is 0 Å². The maximum Gasteiger partial charge on any atom is 0.0481 e. The lowest BCUT2D eigenvalue weighted by molar-refractivity contribution is 0.556. The molecule has 0 atom stereocenters. The molecule has 0 saturated heterocycles. The van der Waals surface area contributed by atoms with E-state index in [0.29, 0.717) is 0 Å². The molecule has 0 saturated carbocycles. The molecule has 0 aliphatic rings. The van der Waals surface area contributed by atoms with Gasteiger partial charge >= 0.3 is 0 Å². The zero-order chi connectivity index (χ0) is 40.4. The van der Waals surface area contributed by atoms with Gasteiger partial charge in [0.15, 0.2) is 0 Å². The van der Waals surface area contributed by atoms with Crippen molar-refractivity contribution < 1.29 is 0 Å². The Hall–Kier alpha value is -2.76. The van der Waals surface area contributed by atoms with Crippen molar-refractivity contribution in [2.75, 3.05) is 0 Å². The van der Waals surface area contributed by atoms with Crippen LogP contribution in [-0.4, -0.2) is 0 Å². The Labute approximate surface area is 369 Å². The lowest BCUT2D eigenvalue weighted by atomic mass is 10.0. The minimum atomic E-state index is 1.17. The second-order valence-electron chi connectivity index (χ2n) is 16.9. The number of unbranched alkanes of at least 4 members (excludes halogenated alkanes) is 18. The second kappa shape index (κ2) is 24.5. The second-order valence-corrected chi connectivity index (χ2v) is 21.1. The van der Waals surface area contributed by atoms with Gasteiger partial charge < -0.3 is 0 Å². The summed E-state index contributed by atoms with van der Waals surface area (Å²) in [6, 6.07) is 32.9. The van der Waals surface area contributed by atoms with Crippen LogP contribution < -0.4 is 0 Å². The van der Waals surface area contributed by atoms with Crippen LogP contribution in [0.15, 0.2) is 84.9 Å². The maximum atomic E-state index is 2.51. The molecule has 4 aromatic heterocycles. The van der Waals surface area contributed by atoms with E-state index in [1.165, 1.54) is 203 Å². The van der Waals surface area contributed by atoms with Crippen molar-refractivity contribution in [2.45, 2.75) is 169 Å². The van der Waals surface area contributed by atoms with Gasteiger partial charge in [-0.1, -0.05) is 189 Å². The van der Waals surface area contributed by atoms with E-state index in [1.807, 2.05) is 45.3 Å². The Morgan fingerprint density at radius 1 is 0.310 bits per heavy atom. The lowest BCUT2D eigenvalue weighted by Gasteiger charge is -2.04. The fraction of sp³-hybridized carbons (Fsp3) is 0.481. The monoisotopic (exact) mass is 846 g/mol. The molecule has 0 unspecified atom stereocenters. The highest BCUT2D eigenvalue weighted by molar-refractivity contribution is 7.29. The van der Waals surface area contributed by atoms with Gasteiger partial charge in [0.2, 0.25) is 0 Å². The molecule has 0 radical (unpaired) electrons. The van der Waals surface area contributed by atoms with Crippen LogP contribution in [0.2, 0.25) is 0 Å². The molecular weight excluding hydrogens is 777 g/mol. The van der Waals surface area contributed by atoms with E-state index in [0.717, 1.165) is 0 Å². The molecule has 4 heteroatoms. The average molecular weight is 847 g/mol. The van der Waals surface area contributed by atoms with Crippen molar-refractivity contribution in [2.24, 2.45) is 0 Å². The summed E-state index contributed by atoms with van der Waals surface area (Å²) < 4.78 is 0. The van der Waals surface area contributed by atoms with Crippen molar-refractivity contribution in [3.05, 3.63) is 107 Å². The van der Waals surface area contributed by atoms with Crippen molar-refractivity contribution >= 4 is 45.3 Å². The number of benzene rings is 2. The minimum Gasteiger partial charge on any atom is -0.134 e. The van der Waals surface area contributed by atoms with E-state index >= 15 is 0 Å². The van der Waals surface area contributed by atoms with Gasteiger partial charge in [-0.3, -0.25) is 0 Å². The van der Waals surface area contributed by atoms with Gasteiger partial charge in [-0.2, -0.15) is 0 Å². The summed E-state index contributed by atoms with van der Waals surface area (Å²) in [6.07, 6.45) is 30.0. The first-order valence-electron chi connectivity index (χ1n) is 23.1. The first kappa shape index (κ1) is 44.8. The Morgan fingerprint density at radius 3 is 0.966 bits per heavy atom. The van der Waals surface area contributed by atoms with Crippen LogP contribution in [-0.2, 0) is 12.8 Å². The molecular formula is C54H70S4. The summed E-state index contributed by atoms with van der Waals surface area (Å²) in [5.41, 5.74) is 8.42. The first-order valence-corrected chi connectivity index (χ1v) is 26.4. The zero-order valence-electron chi connectivity index (χ0n) is 36.3. The van der Waals surface area contributed by atoms with E-state index in [2.05, 4.69) is 113 Å². The molecule has 0 fully saturated rings. The minimum absolute atomic E-state index is 1.17. The van der Waals surface area contributed by atoms with Gasteiger partial charge in [0, 0.05) is 39.0 Å². The van der Waals surface area contributed by atoms with E-state index in [4.69, 9.17) is 0 Å². The van der Waals surface area contributed by atoms with Gasteiger partial charge in [-0.25, -0.2) is 0 Å². The number of thiophene rings is 4. The molecule has 2 aromatic carbocycles. The van der Waals surface area contributed by atoms with Gasteiger partial charge in [0.05, 0.1) is 0 Å². The summed E-state index contributed by atoms with van der Waals surface area (Å²) >= 11 is 7.98. The third kappa shape index (κ3) is 13.6. The molecule has 0 bridgehead atoms. The summed E-state index contributed by atoms with van der Waals surface area (Å²) in [5.74, 6) is 0. The van der Waals surface area contributed by atoms with Crippen LogP contribution in [0.3, 0.4) is 0 Å². The van der Waals surface area contributed by atoms with E-state index in [1.54, 1.807) is 11.1 Å². The summed E-state index contributed by atoms with van der Waals surface area (Å²) in [6.45, 7) is 8.98. The fourth-order valence-electron chi connectivity index (χ4n) is 8.16. The van der Waals surface area contributed by atoms with Crippen molar-refractivity contribution in [3.8, 4) is 50.1 Å². The molecule has 0 N–H and O–H groups in total. The highest BCUT2D eigenvalue weighted by atomic mass is 32.1. The molecule has 310 valence electrons. The highest BCUT2D eigenvalue weighted by Crippen LogP contribution is 2.47. The Balaban J connectivity index is 1.13. The molecule has 0 aliphatic carbocycles. The third-order valence-electron chi connectivity index (χ3n) is 11.8. The molecule has 0 aliphatic heterocycles. The third-order valence-corrected chi connectivity index (χ3v) is 17.0. The zero-order valence-corrected chi connectivity index (χ0v) is 39.5. The van der Waals surface area contributed by atoms with Crippen molar-refractivity contribution in [3.63, 3.8) is 0 Å². The van der Waals surface area contributed by atoms with Gasteiger partial charge in [0.25, 0.3) is 0 Å². The molecule has 0 amide bonds. The molecule has 6 aromatic rings. The molecule has 0 spiro atoms. The molecule has 58 heavy (non-hydrogen) atoms. The van der Waals surface area contributed by atoms with Gasteiger partial charge in [0.1, 0.15) is 0 Å². The lowest BCUT2D eigenvalue weighted by Crippen LogP contribution is -1.86. The summed E-state index contributed by atoms with van der Waals surface area (Å²) in [4.78, 5) is 11.4. The number of aryl methyl sites for hydroxylation is 4. The number of hydrogen-bond acceptors (Lipinski definition) is 4. The SMILES string of the molecule is CCCCCCCCCCCCc1cc(-c2ccc(C)cc2)sc1-c1ccc(-c2ccc(-c3sc(-c4ccc(C)cc4)cc3CCCCCCCCCCCC)s2)s1. The summed E-state index contributed by atoms with van der Waals surface area (Å²) in [7, 11) is 0. The molecule has 0 nitrogen and oxygen atoms in total. The van der Waals surface area contributed by atoms with Crippen LogP contribution in [0.1, 0.15) is 165 Å². The van der Waals surface area contributed by atoms with E-state index < -0.39 is 0 Å². The Bertz CT molecular complexity index is 1880. The van der Waals surface area contributed by atoms with Crippen LogP contribution in [0, 0.1) is 13.8 Å². The molecule has 4 heterocycles. The maximum absolute atomic E-state index is 2.51. The predicted molar refractivity (Wildman–Crippen MR) is 266 cm³/mol. The average Bonchev–Trinajstić information content (AvgIpc) is 4.07. The topological polar surface area (TPSA) is 0 Å². The Morgan fingerprint density at radius 2 is 0.621 bits per heavy atom. The summed E-state index contributed by atoms with van der Waals surface area (Å²) in [5, 5.41) is 0. The van der Waals surface area contributed by atoms with Crippen LogP contribution >= 0.6 is 45.3 Å². The van der Waals surface area contributed by atoms with Crippen molar-refractivity contribution in [1.29, 1.82) is 0 Å². The Kier molecular flexibility index (Phi) is 18.9. The highest BCUT2D eigenvalue weighted by Gasteiger charge is 2.18. The van der Waals surface area contributed by atoms with Gasteiger partial charge in [-0.15, -0.1) is 45.3 Å². The van der Waals surface area contributed by atoms with E-state index in [9.17, 15) is 0 Å². The quantitative estimate of drug-likeness (QED) is 0.0453. The number of rotatable bonds is 27. The number of hydrogen-bond donors (Lipinski definition) is 0. The smallest absolute Gasteiger partial charge is 0.0481 e. The van der Waals surface area contributed by atoms with E-state index in [-0.39, 0.29) is 0 Å². The van der Waals surface area contributed by atoms with Crippen LogP contribution in [0.4, 0.5) is 0 Å². The molecule has 6 rings (SSSR count). The van der Waals surface area contributed by atoms with Gasteiger partial charge in [-0.05, 0) is 98.2 Å². The fourth-order valence-corrected chi connectivity index (χ4v) is 13.0. The standard InChI is InChI=1S/C54H70S4/c1-5-7-9-11-13-15-17-19-21-23-25-45-39-51(43-31-27-41(3)28-32-43)57-53(45)49-37-35-47(55-49)48-36-38-50(56-48)54-46(26-24-22-20-18-16-14-12-10-8-6-2)40-52(58-54)44-33-29-42(4)30-34-44/h27-40H,5-26H2,1-4H3.